The van der Waals surface area contributed by atoms with Gasteiger partial charge in [0.2, 0.25) is 0 Å². The maximum atomic E-state index is 13.6. The Balaban J connectivity index is 1.83. The number of carboxylic acid groups (broad SMARTS) is 1. The first-order valence-corrected chi connectivity index (χ1v) is 7.59. The van der Waals surface area contributed by atoms with Crippen LogP contribution >= 0.6 is 0 Å². The molecule has 1 saturated heterocycles. The van der Waals surface area contributed by atoms with E-state index < -0.39 is 29.5 Å². The van der Waals surface area contributed by atoms with Crippen LogP contribution in [0.15, 0.2) is 30.5 Å². The van der Waals surface area contributed by atoms with Gasteiger partial charge in [0.15, 0.2) is 0 Å². The summed E-state index contributed by atoms with van der Waals surface area (Å²) in [4.78, 5) is 17.2. The zero-order valence-corrected chi connectivity index (χ0v) is 12.8. The number of hydrogen-bond donors (Lipinski definition) is 1. The first-order valence-electron chi connectivity index (χ1n) is 7.59. The Morgan fingerprint density at radius 2 is 2.08 bits per heavy atom. The second-order valence-corrected chi connectivity index (χ2v) is 6.64. The number of fused-ring (bicyclic) bond motifs is 2. The van der Waals surface area contributed by atoms with Gasteiger partial charge in [-0.1, -0.05) is 0 Å². The fourth-order valence-corrected chi connectivity index (χ4v) is 4.10. The van der Waals surface area contributed by atoms with Crippen LogP contribution < -0.4 is 4.90 Å². The minimum atomic E-state index is -4.58. The largest absolute Gasteiger partial charge is 0.481 e. The summed E-state index contributed by atoms with van der Waals surface area (Å²) in [6, 6.07) is 8.38. The van der Waals surface area contributed by atoms with Gasteiger partial charge in [0, 0.05) is 30.4 Å². The molecule has 8 heteroatoms. The van der Waals surface area contributed by atoms with Crippen molar-refractivity contribution in [2.45, 2.75) is 12.6 Å². The van der Waals surface area contributed by atoms with Crippen LogP contribution in [0.5, 0.6) is 0 Å². The number of pyridine rings is 1. The molecule has 2 aliphatic rings. The molecule has 1 N–H and O–H groups in total. The average molecular weight is 347 g/mol. The Hall–Kier alpha value is -2.82. The Kier molecular flexibility index (Phi) is 2.90. The summed E-state index contributed by atoms with van der Waals surface area (Å²) in [5, 5.41) is 19.1. The lowest BCUT2D eigenvalue weighted by molar-refractivity contribution is -0.194. The molecule has 0 radical (unpaired) electrons. The first-order chi connectivity index (χ1) is 11.8. The smallest absolute Gasteiger partial charge is 0.397 e. The standard InChI is InChI=1S/C17H12F3N3O2/c18-17(19,20)16-7-15(16,14(24)25)8-23(9-16)12-4-3-10(6-21)13-11(12)2-1-5-22-13/h1-5H,7-9H2,(H,24,25)/t15-,16-/m0/s1. The number of hydrogen-bond acceptors (Lipinski definition) is 4. The average Bonchev–Trinajstić information content (AvgIpc) is 3.12. The molecule has 0 bridgehead atoms. The molecule has 2 heterocycles. The fraction of sp³-hybridized carbons (Fsp3) is 0.353. The molecule has 1 aromatic carbocycles. The Labute approximate surface area is 140 Å². The molecular formula is C17H12F3N3O2. The van der Waals surface area contributed by atoms with Crippen LogP contribution in [0.1, 0.15) is 12.0 Å². The Bertz CT molecular complexity index is 952. The summed E-state index contributed by atoms with van der Waals surface area (Å²) in [5.41, 5.74) is -2.82. The second kappa shape index (κ2) is 4.63. The van der Waals surface area contributed by atoms with Gasteiger partial charge in [-0.25, -0.2) is 0 Å². The number of anilines is 1. The van der Waals surface area contributed by atoms with Crippen molar-refractivity contribution in [3.05, 3.63) is 36.0 Å². The predicted molar refractivity (Wildman–Crippen MR) is 81.8 cm³/mol. The van der Waals surface area contributed by atoms with E-state index in [1.54, 1.807) is 18.2 Å². The highest BCUT2D eigenvalue weighted by molar-refractivity contribution is 5.96. The minimum Gasteiger partial charge on any atom is -0.481 e. The molecule has 0 amide bonds. The molecule has 128 valence electrons. The molecule has 1 saturated carbocycles. The number of carbonyl (C=O) groups is 1. The number of halogens is 3. The summed E-state index contributed by atoms with van der Waals surface area (Å²) < 4.78 is 40.7. The van der Waals surface area contributed by atoms with Gasteiger partial charge in [0.1, 0.15) is 16.9 Å². The third-order valence-corrected chi connectivity index (χ3v) is 5.48. The lowest BCUT2D eigenvalue weighted by atomic mass is 9.96. The molecule has 0 spiro atoms. The van der Waals surface area contributed by atoms with E-state index in [4.69, 9.17) is 0 Å². The number of nitriles is 1. The van der Waals surface area contributed by atoms with Crippen molar-refractivity contribution in [1.82, 2.24) is 4.98 Å². The van der Waals surface area contributed by atoms with Crippen molar-refractivity contribution in [3.8, 4) is 6.07 Å². The van der Waals surface area contributed by atoms with Crippen LogP contribution in [0, 0.1) is 22.2 Å². The van der Waals surface area contributed by atoms with Gasteiger partial charge < -0.3 is 10.0 Å². The van der Waals surface area contributed by atoms with Gasteiger partial charge in [-0.15, -0.1) is 0 Å². The molecule has 0 unspecified atom stereocenters. The van der Waals surface area contributed by atoms with E-state index in [-0.39, 0.29) is 13.0 Å². The molecule has 5 nitrogen and oxygen atoms in total. The number of benzene rings is 1. The molecule has 1 aliphatic carbocycles. The van der Waals surface area contributed by atoms with Crippen molar-refractivity contribution < 1.29 is 23.1 Å². The third kappa shape index (κ3) is 1.83. The van der Waals surface area contributed by atoms with Gasteiger partial charge in [-0.2, -0.15) is 18.4 Å². The number of piperidine rings is 1. The highest BCUT2D eigenvalue weighted by Crippen LogP contribution is 2.75. The fourth-order valence-electron chi connectivity index (χ4n) is 4.10. The van der Waals surface area contributed by atoms with Gasteiger partial charge in [-0.05, 0) is 30.7 Å². The zero-order valence-electron chi connectivity index (χ0n) is 12.8. The van der Waals surface area contributed by atoms with E-state index in [1.807, 2.05) is 6.07 Å². The maximum Gasteiger partial charge on any atom is 0.397 e. The number of rotatable bonds is 2. The number of alkyl halides is 3. The van der Waals surface area contributed by atoms with Crippen LogP contribution in [0.25, 0.3) is 10.9 Å². The van der Waals surface area contributed by atoms with E-state index in [2.05, 4.69) is 4.98 Å². The molecule has 25 heavy (non-hydrogen) atoms. The van der Waals surface area contributed by atoms with Crippen LogP contribution in [0.4, 0.5) is 18.9 Å². The number of nitrogens with zero attached hydrogens (tertiary/aromatic N) is 3. The molecule has 1 aliphatic heterocycles. The van der Waals surface area contributed by atoms with E-state index in [9.17, 15) is 28.3 Å². The van der Waals surface area contributed by atoms with Gasteiger partial charge >= 0.3 is 12.1 Å². The van der Waals surface area contributed by atoms with Crippen molar-refractivity contribution in [2.24, 2.45) is 10.8 Å². The van der Waals surface area contributed by atoms with Crippen molar-refractivity contribution in [1.29, 1.82) is 5.26 Å². The minimum absolute atomic E-state index is 0.211. The molecular weight excluding hydrogens is 335 g/mol. The highest BCUT2D eigenvalue weighted by atomic mass is 19.4. The van der Waals surface area contributed by atoms with Crippen molar-refractivity contribution in [3.63, 3.8) is 0 Å². The normalized spacial score (nSPS) is 27.8. The summed E-state index contributed by atoms with van der Waals surface area (Å²) >= 11 is 0. The third-order valence-electron chi connectivity index (χ3n) is 5.48. The summed E-state index contributed by atoms with van der Waals surface area (Å²) in [7, 11) is 0. The van der Waals surface area contributed by atoms with Crippen LogP contribution in [0.2, 0.25) is 0 Å². The summed E-state index contributed by atoms with van der Waals surface area (Å²) in [6.07, 6.45) is -3.47. The Morgan fingerprint density at radius 1 is 1.32 bits per heavy atom. The quantitative estimate of drug-likeness (QED) is 0.904. The van der Waals surface area contributed by atoms with Crippen LogP contribution in [-0.2, 0) is 4.79 Å². The lowest BCUT2D eigenvalue weighted by Gasteiger charge is -2.25. The first kappa shape index (κ1) is 15.7. The molecule has 1 aromatic heterocycles. The number of aromatic nitrogens is 1. The van der Waals surface area contributed by atoms with E-state index in [1.165, 1.54) is 17.2 Å². The summed E-state index contributed by atoms with van der Waals surface area (Å²) in [5.74, 6) is -1.41. The monoisotopic (exact) mass is 347 g/mol. The molecule has 2 aromatic rings. The van der Waals surface area contributed by atoms with Gasteiger partial charge in [0.05, 0.1) is 11.1 Å². The topological polar surface area (TPSA) is 77.2 Å². The van der Waals surface area contributed by atoms with Gasteiger partial charge in [-0.3, -0.25) is 9.78 Å². The number of aliphatic carboxylic acids is 1. The van der Waals surface area contributed by atoms with Crippen LogP contribution in [0.3, 0.4) is 0 Å². The SMILES string of the molecule is N#Cc1ccc(N2C[C@]3(C(=O)O)C[C@]3(C(F)(F)F)C2)c2cccnc12. The van der Waals surface area contributed by atoms with E-state index in [0.717, 1.165) is 0 Å². The molecule has 2 fully saturated rings. The zero-order chi connectivity index (χ0) is 18.0. The highest BCUT2D eigenvalue weighted by Gasteiger charge is 2.86. The second-order valence-electron chi connectivity index (χ2n) is 6.64. The summed E-state index contributed by atoms with van der Waals surface area (Å²) in [6.45, 7) is -0.615. The Morgan fingerprint density at radius 3 is 2.68 bits per heavy atom. The molecule has 2 atom stereocenters. The lowest BCUT2D eigenvalue weighted by Crippen LogP contribution is -2.34. The maximum absolute atomic E-state index is 13.6. The van der Waals surface area contributed by atoms with E-state index >= 15 is 0 Å². The molecule has 4 rings (SSSR count). The van der Waals surface area contributed by atoms with Gasteiger partial charge in [0.25, 0.3) is 0 Å². The number of carboxylic acids is 1. The van der Waals surface area contributed by atoms with E-state index in [0.29, 0.717) is 22.2 Å². The predicted octanol–water partition coefficient (Wildman–Crippen LogP) is 2.95. The van der Waals surface area contributed by atoms with Crippen LogP contribution in [-0.4, -0.2) is 35.3 Å². The van der Waals surface area contributed by atoms with Crippen molar-refractivity contribution in [2.75, 3.05) is 18.0 Å². The van der Waals surface area contributed by atoms with Crippen molar-refractivity contribution >= 4 is 22.6 Å².